The number of pyridine rings is 2. The third kappa shape index (κ3) is 11.7. The Morgan fingerprint density at radius 1 is 0.625 bits per heavy atom. The van der Waals surface area contributed by atoms with Crippen molar-refractivity contribution in [3.05, 3.63) is 60.2 Å². The van der Waals surface area contributed by atoms with E-state index in [0.717, 1.165) is 36.8 Å². The molecule has 184 valence electrons. The molecule has 2 aromatic heterocycles. The molecular weight excluding hydrogens is 396 g/mol. The van der Waals surface area contributed by atoms with Crippen molar-refractivity contribution in [1.29, 1.82) is 0 Å². The quantitative estimate of drug-likeness (QED) is 0.500. The Morgan fingerprint density at radius 3 is 1.12 bits per heavy atom. The van der Waals surface area contributed by atoms with Gasteiger partial charge in [0.25, 0.3) is 0 Å². The molecule has 0 aromatic carbocycles. The topological polar surface area (TPSA) is 66.2 Å². The van der Waals surface area contributed by atoms with E-state index in [1.54, 1.807) is 24.8 Å². The van der Waals surface area contributed by atoms with Gasteiger partial charge in [-0.3, -0.25) is 9.97 Å². The van der Waals surface area contributed by atoms with E-state index in [4.69, 9.17) is 0 Å². The van der Waals surface area contributed by atoms with Crippen LogP contribution in [0, 0.1) is 11.8 Å². The number of hydrogen-bond acceptors (Lipinski definition) is 4. The summed E-state index contributed by atoms with van der Waals surface area (Å²) < 4.78 is 0. The van der Waals surface area contributed by atoms with Gasteiger partial charge in [0.1, 0.15) is 0 Å². The fourth-order valence-electron chi connectivity index (χ4n) is 3.16. The van der Waals surface area contributed by atoms with Gasteiger partial charge in [-0.15, -0.1) is 0 Å². The molecule has 0 amide bonds. The van der Waals surface area contributed by atoms with E-state index in [-0.39, 0.29) is 12.2 Å². The van der Waals surface area contributed by atoms with Gasteiger partial charge in [-0.05, 0) is 60.8 Å². The summed E-state index contributed by atoms with van der Waals surface area (Å²) in [4.78, 5) is 7.97. The molecule has 2 aromatic rings. The van der Waals surface area contributed by atoms with Crippen molar-refractivity contribution in [1.82, 2.24) is 9.97 Å². The van der Waals surface area contributed by atoms with Crippen molar-refractivity contribution in [2.24, 2.45) is 11.8 Å². The third-order valence-corrected chi connectivity index (χ3v) is 5.24. The van der Waals surface area contributed by atoms with E-state index >= 15 is 0 Å². The fraction of sp³-hybridized carbons (Fsp3) is 0.643. The van der Waals surface area contributed by atoms with Gasteiger partial charge in [-0.25, -0.2) is 0 Å². The normalized spacial score (nSPS) is 15.8. The van der Waals surface area contributed by atoms with Gasteiger partial charge >= 0.3 is 0 Å². The average molecular weight is 447 g/mol. The Hall–Kier alpha value is -1.78. The summed E-state index contributed by atoms with van der Waals surface area (Å²) in [6.45, 7) is 16.0. The van der Waals surface area contributed by atoms with Gasteiger partial charge in [0, 0.05) is 24.8 Å². The molecule has 2 atom stereocenters. The first-order chi connectivity index (χ1) is 15.8. The van der Waals surface area contributed by atoms with Crippen LogP contribution in [0.4, 0.5) is 0 Å². The molecule has 2 aliphatic carbocycles. The lowest BCUT2D eigenvalue weighted by atomic mass is 9.79. The molecule has 4 rings (SSSR count). The molecule has 4 nitrogen and oxygen atoms in total. The standard InChI is InChI=1S/2C10H13NO.4C2H6/c2*12-10(8-3-1-4-8)9-5-2-6-11-7-9;4*1-2/h2*2,5-8,10,12H,1,3-4H2;4*1-2H3/t2*10-;;;;/m00..../s1. The van der Waals surface area contributed by atoms with E-state index < -0.39 is 0 Å². The second-order valence-corrected chi connectivity index (χ2v) is 6.84. The summed E-state index contributed by atoms with van der Waals surface area (Å²) in [5.74, 6) is 0.961. The van der Waals surface area contributed by atoms with Crippen LogP contribution in [0.5, 0.6) is 0 Å². The van der Waals surface area contributed by atoms with E-state index in [1.807, 2.05) is 79.7 Å². The molecule has 0 spiro atoms. The molecule has 2 heterocycles. The Bertz CT molecular complexity index is 544. The van der Waals surface area contributed by atoms with Crippen LogP contribution >= 0.6 is 0 Å². The summed E-state index contributed by atoms with van der Waals surface area (Å²) in [7, 11) is 0. The SMILES string of the molecule is CC.CC.CC.CC.O[C@H](c1cccnc1)C1CCC1.O[C@H](c1cccnc1)C1CCC1. The Kier molecular flexibility index (Phi) is 22.7. The fourth-order valence-corrected chi connectivity index (χ4v) is 3.16. The summed E-state index contributed by atoms with van der Waals surface area (Å²) in [5.41, 5.74) is 1.92. The number of rotatable bonds is 4. The highest BCUT2D eigenvalue weighted by molar-refractivity contribution is 5.14. The molecule has 2 N–H and O–H groups in total. The molecule has 2 saturated carbocycles. The molecule has 0 saturated heterocycles. The van der Waals surface area contributed by atoms with E-state index in [1.165, 1.54) is 12.8 Å². The zero-order valence-corrected chi connectivity index (χ0v) is 22.0. The lowest BCUT2D eigenvalue weighted by Gasteiger charge is -2.30. The van der Waals surface area contributed by atoms with Crippen LogP contribution in [0.15, 0.2) is 49.1 Å². The van der Waals surface area contributed by atoms with Gasteiger partial charge in [-0.2, -0.15) is 0 Å². The van der Waals surface area contributed by atoms with Gasteiger partial charge in [0.2, 0.25) is 0 Å². The first-order valence-electron chi connectivity index (χ1n) is 12.9. The van der Waals surface area contributed by atoms with Crippen LogP contribution < -0.4 is 0 Å². The zero-order chi connectivity index (χ0) is 24.8. The summed E-state index contributed by atoms with van der Waals surface area (Å²) in [6.07, 6.45) is 13.6. The van der Waals surface area contributed by atoms with Crippen molar-refractivity contribution in [2.45, 2.75) is 106 Å². The predicted octanol–water partition coefficient (Wildman–Crippen LogP) is 7.94. The highest BCUT2D eigenvalue weighted by atomic mass is 16.3. The molecule has 32 heavy (non-hydrogen) atoms. The van der Waals surface area contributed by atoms with Crippen molar-refractivity contribution >= 4 is 0 Å². The van der Waals surface area contributed by atoms with Gasteiger partial charge in [-0.1, -0.05) is 80.4 Å². The van der Waals surface area contributed by atoms with E-state index in [9.17, 15) is 10.2 Å². The van der Waals surface area contributed by atoms with Gasteiger partial charge < -0.3 is 10.2 Å². The van der Waals surface area contributed by atoms with Gasteiger partial charge in [0.05, 0.1) is 12.2 Å². The minimum Gasteiger partial charge on any atom is -0.388 e. The Morgan fingerprint density at radius 2 is 0.938 bits per heavy atom. The van der Waals surface area contributed by atoms with Gasteiger partial charge in [0.15, 0.2) is 0 Å². The van der Waals surface area contributed by atoms with Crippen LogP contribution in [0.1, 0.15) is 117 Å². The van der Waals surface area contributed by atoms with Crippen molar-refractivity contribution in [3.63, 3.8) is 0 Å². The van der Waals surface area contributed by atoms with Crippen LogP contribution in [-0.2, 0) is 0 Å². The second-order valence-electron chi connectivity index (χ2n) is 6.84. The lowest BCUT2D eigenvalue weighted by molar-refractivity contribution is 0.0617. The first kappa shape index (κ1) is 32.4. The average Bonchev–Trinajstić information content (AvgIpc) is 2.83. The smallest absolute Gasteiger partial charge is 0.0833 e. The molecule has 2 fully saturated rings. The number of hydrogen-bond donors (Lipinski definition) is 2. The molecular formula is C28H50N2O2. The Labute approximate surface area is 198 Å². The van der Waals surface area contributed by atoms with Crippen LogP contribution in [0.2, 0.25) is 0 Å². The summed E-state index contributed by atoms with van der Waals surface area (Å²) in [5, 5.41) is 19.6. The molecule has 0 radical (unpaired) electrons. The first-order valence-corrected chi connectivity index (χ1v) is 12.9. The number of nitrogens with zero attached hydrogens (tertiary/aromatic N) is 2. The minimum absolute atomic E-state index is 0.285. The van der Waals surface area contributed by atoms with E-state index in [2.05, 4.69) is 9.97 Å². The molecule has 4 heteroatoms. The predicted molar refractivity (Wildman–Crippen MR) is 138 cm³/mol. The highest BCUT2D eigenvalue weighted by Crippen LogP contribution is 2.37. The van der Waals surface area contributed by atoms with Crippen LogP contribution in [0.25, 0.3) is 0 Å². The highest BCUT2D eigenvalue weighted by Gasteiger charge is 2.27. The summed E-state index contributed by atoms with van der Waals surface area (Å²) >= 11 is 0. The maximum atomic E-state index is 9.80. The van der Waals surface area contributed by atoms with E-state index in [0.29, 0.717) is 11.8 Å². The monoisotopic (exact) mass is 446 g/mol. The second kappa shape index (κ2) is 22.4. The molecule has 2 aliphatic rings. The van der Waals surface area contributed by atoms with Crippen LogP contribution in [-0.4, -0.2) is 20.2 Å². The summed E-state index contributed by atoms with van der Waals surface area (Å²) in [6, 6.07) is 7.63. The number of aliphatic hydroxyl groups is 2. The zero-order valence-electron chi connectivity index (χ0n) is 22.0. The van der Waals surface area contributed by atoms with Crippen molar-refractivity contribution in [3.8, 4) is 0 Å². The van der Waals surface area contributed by atoms with Crippen LogP contribution in [0.3, 0.4) is 0 Å². The minimum atomic E-state index is -0.285. The largest absolute Gasteiger partial charge is 0.388 e. The lowest BCUT2D eigenvalue weighted by Crippen LogP contribution is -2.19. The Balaban J connectivity index is 0. The number of aromatic nitrogens is 2. The molecule has 0 aliphatic heterocycles. The molecule has 0 unspecified atom stereocenters. The molecule has 0 bridgehead atoms. The van der Waals surface area contributed by atoms with Crippen molar-refractivity contribution < 1.29 is 10.2 Å². The number of aliphatic hydroxyl groups excluding tert-OH is 2. The third-order valence-electron chi connectivity index (χ3n) is 5.24. The maximum Gasteiger partial charge on any atom is 0.0833 e. The van der Waals surface area contributed by atoms with Crippen molar-refractivity contribution in [2.75, 3.05) is 0 Å². The maximum absolute atomic E-state index is 9.80.